The van der Waals surface area contributed by atoms with Crippen LogP contribution in [0.25, 0.3) is 0 Å². The molecule has 0 radical (unpaired) electrons. The van der Waals surface area contributed by atoms with Gasteiger partial charge in [0.2, 0.25) is 0 Å². The molecule has 0 saturated carbocycles. The van der Waals surface area contributed by atoms with Crippen molar-refractivity contribution in [1.29, 1.82) is 0 Å². The Kier molecular flexibility index (Phi) is 5.26. The van der Waals surface area contributed by atoms with Gasteiger partial charge in [-0.1, -0.05) is 24.3 Å². The van der Waals surface area contributed by atoms with Crippen LogP contribution in [-0.4, -0.2) is 11.4 Å². The Balaban J connectivity index is 2.32. The van der Waals surface area contributed by atoms with Crippen LogP contribution in [0.1, 0.15) is 13.8 Å². The van der Waals surface area contributed by atoms with E-state index in [0.717, 1.165) is 31.7 Å². The van der Waals surface area contributed by atoms with Crippen LogP contribution in [0.2, 0.25) is 0 Å². The van der Waals surface area contributed by atoms with Gasteiger partial charge >= 0.3 is 0 Å². The molecule has 4 heteroatoms. The molecule has 2 aromatic carbocycles. The van der Waals surface area contributed by atoms with Crippen molar-refractivity contribution in [2.75, 3.05) is 0 Å². The summed E-state index contributed by atoms with van der Waals surface area (Å²) >= 11 is 7.00. The minimum Gasteiger partial charge on any atom is -0.251 e. The first-order valence-corrected chi connectivity index (χ1v) is 7.76. The maximum atomic E-state index is 4.61. The largest absolute Gasteiger partial charge is 0.251 e. The summed E-state index contributed by atoms with van der Waals surface area (Å²) < 4.78 is 1.96. The molecule has 0 aromatic heterocycles. The van der Waals surface area contributed by atoms with Crippen molar-refractivity contribution in [3.05, 3.63) is 57.5 Å². The van der Waals surface area contributed by atoms with Crippen molar-refractivity contribution < 1.29 is 0 Å². The van der Waals surface area contributed by atoms with Gasteiger partial charge in [-0.15, -0.1) is 0 Å². The zero-order valence-corrected chi connectivity index (χ0v) is 14.4. The molecule has 0 bridgehead atoms. The number of para-hydroxylation sites is 2. The monoisotopic (exact) mass is 392 g/mol. The molecule has 20 heavy (non-hydrogen) atoms. The Hall–Kier alpha value is -1.26. The lowest BCUT2D eigenvalue weighted by Crippen LogP contribution is -2.04. The normalized spacial score (nSPS) is 12.6. The second kappa shape index (κ2) is 6.95. The maximum Gasteiger partial charge on any atom is 0.0775 e. The van der Waals surface area contributed by atoms with Gasteiger partial charge in [0.25, 0.3) is 0 Å². The molecule has 0 aliphatic heterocycles. The second-order valence-corrected chi connectivity index (χ2v) is 6.01. The minimum absolute atomic E-state index is 0.896. The van der Waals surface area contributed by atoms with Gasteiger partial charge in [-0.2, -0.15) is 0 Å². The summed E-state index contributed by atoms with van der Waals surface area (Å²) in [5.41, 5.74) is 3.61. The lowest BCUT2D eigenvalue weighted by Gasteiger charge is -2.04. The van der Waals surface area contributed by atoms with E-state index < -0.39 is 0 Å². The number of hydrogen-bond acceptors (Lipinski definition) is 2. The third kappa shape index (κ3) is 3.87. The molecular weight excluding hydrogens is 380 g/mol. The topological polar surface area (TPSA) is 24.7 Å². The van der Waals surface area contributed by atoms with Crippen LogP contribution in [0.3, 0.4) is 0 Å². The third-order valence-electron chi connectivity index (χ3n) is 2.80. The van der Waals surface area contributed by atoms with E-state index >= 15 is 0 Å². The van der Waals surface area contributed by atoms with Crippen LogP contribution < -0.4 is 0 Å². The van der Waals surface area contributed by atoms with Gasteiger partial charge < -0.3 is 0 Å². The first-order chi connectivity index (χ1) is 9.58. The van der Waals surface area contributed by atoms with E-state index in [1.807, 2.05) is 62.4 Å². The Morgan fingerprint density at radius 1 is 0.700 bits per heavy atom. The lowest BCUT2D eigenvalue weighted by molar-refractivity contribution is 1.45. The molecule has 2 nitrogen and oxygen atoms in total. The molecule has 0 fully saturated rings. The van der Waals surface area contributed by atoms with Gasteiger partial charge in [0.05, 0.1) is 22.8 Å². The predicted molar refractivity (Wildman–Crippen MR) is 93.8 cm³/mol. The predicted octanol–water partition coefficient (Wildman–Crippen LogP) is 6.10. The van der Waals surface area contributed by atoms with Crippen LogP contribution in [-0.2, 0) is 0 Å². The SMILES string of the molecule is CC(=Nc1ccccc1Br)C(C)=Nc1ccccc1Br. The van der Waals surface area contributed by atoms with Gasteiger partial charge in [-0.25, -0.2) is 0 Å². The number of halogens is 2. The summed E-state index contributed by atoms with van der Waals surface area (Å²) in [7, 11) is 0. The quantitative estimate of drug-likeness (QED) is 0.563. The Morgan fingerprint density at radius 3 is 1.40 bits per heavy atom. The fourth-order valence-corrected chi connectivity index (χ4v) is 2.35. The summed E-state index contributed by atoms with van der Waals surface area (Å²) in [4.78, 5) is 9.22. The second-order valence-electron chi connectivity index (χ2n) is 4.30. The summed E-state index contributed by atoms with van der Waals surface area (Å²) in [6.07, 6.45) is 0. The lowest BCUT2D eigenvalue weighted by atomic mass is 10.2. The van der Waals surface area contributed by atoms with Gasteiger partial charge in [0, 0.05) is 8.95 Å². The molecule has 0 unspecified atom stereocenters. The summed E-state index contributed by atoms with van der Waals surface area (Å²) in [6, 6.07) is 15.8. The Labute approximate surface area is 135 Å². The first-order valence-electron chi connectivity index (χ1n) is 6.18. The smallest absolute Gasteiger partial charge is 0.0775 e. The zero-order chi connectivity index (χ0) is 14.5. The minimum atomic E-state index is 0.896. The Bertz CT molecular complexity index is 616. The number of nitrogens with zero attached hydrogens (tertiary/aromatic N) is 2. The van der Waals surface area contributed by atoms with Crippen molar-refractivity contribution in [3.63, 3.8) is 0 Å². The molecular formula is C16H14Br2N2. The molecule has 0 aliphatic rings. The van der Waals surface area contributed by atoms with Crippen LogP contribution in [0, 0.1) is 0 Å². The first kappa shape index (κ1) is 15.1. The number of benzene rings is 2. The van der Waals surface area contributed by atoms with Crippen molar-refractivity contribution in [2.45, 2.75) is 13.8 Å². The van der Waals surface area contributed by atoms with E-state index in [1.165, 1.54) is 0 Å². The molecule has 2 aromatic rings. The molecule has 0 heterocycles. The van der Waals surface area contributed by atoms with Crippen molar-refractivity contribution in [1.82, 2.24) is 0 Å². The van der Waals surface area contributed by atoms with E-state index in [9.17, 15) is 0 Å². The van der Waals surface area contributed by atoms with Crippen molar-refractivity contribution in [2.24, 2.45) is 9.98 Å². The molecule has 0 aliphatic carbocycles. The highest BCUT2D eigenvalue weighted by Crippen LogP contribution is 2.26. The zero-order valence-electron chi connectivity index (χ0n) is 11.3. The molecule has 102 valence electrons. The van der Waals surface area contributed by atoms with Gasteiger partial charge in [0.15, 0.2) is 0 Å². The summed E-state index contributed by atoms with van der Waals surface area (Å²) in [6.45, 7) is 3.93. The highest BCUT2D eigenvalue weighted by atomic mass is 79.9. The fraction of sp³-hybridized carbons (Fsp3) is 0.125. The molecule has 0 atom stereocenters. The highest BCUT2D eigenvalue weighted by Gasteiger charge is 2.02. The van der Waals surface area contributed by atoms with Crippen LogP contribution in [0.15, 0.2) is 67.5 Å². The third-order valence-corrected chi connectivity index (χ3v) is 4.15. The molecule has 0 N–H and O–H groups in total. The van der Waals surface area contributed by atoms with E-state index in [-0.39, 0.29) is 0 Å². The van der Waals surface area contributed by atoms with Crippen molar-refractivity contribution in [3.8, 4) is 0 Å². The van der Waals surface area contributed by atoms with E-state index in [2.05, 4.69) is 41.8 Å². The highest BCUT2D eigenvalue weighted by molar-refractivity contribution is 9.11. The number of aliphatic imine (C=N–C) groups is 2. The van der Waals surface area contributed by atoms with Crippen molar-refractivity contribution >= 4 is 54.7 Å². The molecule has 0 spiro atoms. The van der Waals surface area contributed by atoms with Gasteiger partial charge in [-0.3, -0.25) is 9.98 Å². The molecule has 0 amide bonds. The number of hydrogen-bond donors (Lipinski definition) is 0. The Morgan fingerprint density at radius 2 is 1.05 bits per heavy atom. The molecule has 0 saturated heterocycles. The van der Waals surface area contributed by atoms with E-state index in [1.54, 1.807) is 0 Å². The van der Waals surface area contributed by atoms with Crippen LogP contribution >= 0.6 is 31.9 Å². The van der Waals surface area contributed by atoms with E-state index in [4.69, 9.17) is 0 Å². The summed E-state index contributed by atoms with van der Waals surface area (Å²) in [5.74, 6) is 0. The average molecular weight is 394 g/mol. The maximum absolute atomic E-state index is 4.61. The molecule has 2 rings (SSSR count). The summed E-state index contributed by atoms with van der Waals surface area (Å²) in [5, 5.41) is 0. The van der Waals surface area contributed by atoms with Crippen LogP contribution in [0.4, 0.5) is 11.4 Å². The van der Waals surface area contributed by atoms with E-state index in [0.29, 0.717) is 0 Å². The van der Waals surface area contributed by atoms with Crippen LogP contribution in [0.5, 0.6) is 0 Å². The average Bonchev–Trinajstić information content (AvgIpc) is 2.43. The standard InChI is InChI=1S/C16H14Br2N2/c1-11(19-15-9-5-3-7-13(15)17)12(2)20-16-10-6-4-8-14(16)18/h3-10H,1-2H3. The van der Waals surface area contributed by atoms with Gasteiger partial charge in [-0.05, 0) is 70.0 Å². The fourth-order valence-electron chi connectivity index (χ4n) is 1.61. The number of rotatable bonds is 3. The van der Waals surface area contributed by atoms with Gasteiger partial charge in [0.1, 0.15) is 0 Å².